The first-order valence-corrected chi connectivity index (χ1v) is 11.6. The van der Waals surface area contributed by atoms with Gasteiger partial charge in [0.25, 0.3) is 0 Å². The van der Waals surface area contributed by atoms with Crippen molar-refractivity contribution in [2.45, 2.75) is 43.4 Å². The standard InChI is InChI=1S/C19H27N3O5S/c1-28(26,27)21-10-8-20(9-11-21)15-4-2-14(3-5-15)19(25)12-16-6-7-17(13-19)22(16)18(23)24/h2-5,16-17,25H,6-13H2,1H3,(H,23,24)/t16-,17+,19?. The summed E-state index contributed by atoms with van der Waals surface area (Å²) in [5.74, 6) is 0. The number of piperidine rings is 1. The molecule has 0 aromatic heterocycles. The number of aliphatic hydroxyl groups is 1. The van der Waals surface area contributed by atoms with Gasteiger partial charge in [0.15, 0.2) is 0 Å². The summed E-state index contributed by atoms with van der Waals surface area (Å²) in [5, 5.41) is 20.6. The third-order valence-electron chi connectivity index (χ3n) is 6.46. The van der Waals surface area contributed by atoms with Gasteiger partial charge in [0.2, 0.25) is 10.0 Å². The zero-order valence-electron chi connectivity index (χ0n) is 16.0. The quantitative estimate of drug-likeness (QED) is 0.779. The molecule has 9 heteroatoms. The van der Waals surface area contributed by atoms with Crippen molar-refractivity contribution in [3.8, 4) is 0 Å². The molecule has 3 atom stereocenters. The van der Waals surface area contributed by atoms with Crippen LogP contribution in [0.25, 0.3) is 0 Å². The first-order chi connectivity index (χ1) is 13.2. The van der Waals surface area contributed by atoms with Crippen LogP contribution in [0.1, 0.15) is 31.2 Å². The molecule has 3 aliphatic heterocycles. The Morgan fingerprint density at radius 2 is 1.57 bits per heavy atom. The van der Waals surface area contributed by atoms with E-state index < -0.39 is 21.7 Å². The largest absolute Gasteiger partial charge is 0.465 e. The second kappa shape index (κ2) is 6.89. The third-order valence-corrected chi connectivity index (χ3v) is 7.77. The van der Waals surface area contributed by atoms with E-state index in [-0.39, 0.29) is 12.1 Å². The van der Waals surface area contributed by atoms with Gasteiger partial charge in [-0.25, -0.2) is 13.2 Å². The van der Waals surface area contributed by atoms with Crippen molar-refractivity contribution in [3.63, 3.8) is 0 Å². The molecule has 0 aliphatic carbocycles. The molecular weight excluding hydrogens is 382 g/mol. The molecule has 0 spiro atoms. The zero-order chi connectivity index (χ0) is 20.1. The highest BCUT2D eigenvalue weighted by Gasteiger charge is 2.50. The fourth-order valence-electron chi connectivity index (χ4n) is 5.03. The maximum absolute atomic E-state index is 11.6. The average Bonchev–Trinajstić information content (AvgIpc) is 2.94. The van der Waals surface area contributed by atoms with Crippen LogP contribution in [0.3, 0.4) is 0 Å². The van der Waals surface area contributed by atoms with Gasteiger partial charge in [-0.3, -0.25) is 0 Å². The molecule has 4 rings (SSSR count). The third kappa shape index (κ3) is 3.46. The Hall–Kier alpha value is -1.84. The van der Waals surface area contributed by atoms with Crippen LogP contribution in [0.5, 0.6) is 0 Å². The van der Waals surface area contributed by atoms with E-state index in [4.69, 9.17) is 0 Å². The molecule has 2 bridgehead atoms. The molecule has 1 amide bonds. The van der Waals surface area contributed by atoms with E-state index in [1.54, 1.807) is 0 Å². The topological polar surface area (TPSA) is 101 Å². The van der Waals surface area contributed by atoms with Gasteiger partial charge in [0, 0.05) is 56.8 Å². The summed E-state index contributed by atoms with van der Waals surface area (Å²) >= 11 is 0. The van der Waals surface area contributed by atoms with Crippen LogP contribution in [0, 0.1) is 0 Å². The van der Waals surface area contributed by atoms with Crippen molar-refractivity contribution < 1.29 is 23.4 Å². The summed E-state index contributed by atoms with van der Waals surface area (Å²) in [6, 6.07) is 7.54. The zero-order valence-corrected chi connectivity index (χ0v) is 16.8. The highest BCUT2D eigenvalue weighted by Crippen LogP contribution is 2.45. The Kier molecular flexibility index (Phi) is 4.79. The van der Waals surface area contributed by atoms with Crippen LogP contribution in [0.2, 0.25) is 0 Å². The Labute approximate surface area is 165 Å². The number of carboxylic acid groups (broad SMARTS) is 1. The minimum absolute atomic E-state index is 0.120. The molecule has 3 aliphatic rings. The van der Waals surface area contributed by atoms with E-state index >= 15 is 0 Å². The molecule has 3 saturated heterocycles. The molecule has 28 heavy (non-hydrogen) atoms. The van der Waals surface area contributed by atoms with E-state index in [1.807, 2.05) is 24.3 Å². The highest BCUT2D eigenvalue weighted by molar-refractivity contribution is 7.88. The summed E-state index contributed by atoms with van der Waals surface area (Å²) in [7, 11) is -3.15. The number of piperazine rings is 1. The number of carbonyl (C=O) groups is 1. The summed E-state index contributed by atoms with van der Waals surface area (Å²) in [5.41, 5.74) is 0.838. The van der Waals surface area contributed by atoms with Crippen LogP contribution in [-0.4, -0.2) is 78.4 Å². The number of rotatable bonds is 3. The molecule has 1 unspecified atom stereocenters. The molecule has 1 aromatic rings. The van der Waals surface area contributed by atoms with Gasteiger partial charge in [-0.2, -0.15) is 4.31 Å². The fourth-order valence-corrected chi connectivity index (χ4v) is 5.86. The van der Waals surface area contributed by atoms with Crippen molar-refractivity contribution >= 4 is 21.8 Å². The Balaban J connectivity index is 1.45. The number of sulfonamides is 1. The maximum Gasteiger partial charge on any atom is 0.407 e. The highest BCUT2D eigenvalue weighted by atomic mass is 32.2. The van der Waals surface area contributed by atoms with Crippen LogP contribution < -0.4 is 4.90 Å². The van der Waals surface area contributed by atoms with Gasteiger partial charge in [-0.15, -0.1) is 0 Å². The number of hydrogen-bond acceptors (Lipinski definition) is 5. The van der Waals surface area contributed by atoms with Crippen LogP contribution in [0.15, 0.2) is 24.3 Å². The van der Waals surface area contributed by atoms with Crippen LogP contribution in [-0.2, 0) is 15.6 Å². The van der Waals surface area contributed by atoms with Gasteiger partial charge >= 0.3 is 6.09 Å². The van der Waals surface area contributed by atoms with Crippen molar-refractivity contribution in [2.75, 3.05) is 37.3 Å². The molecule has 2 N–H and O–H groups in total. The minimum Gasteiger partial charge on any atom is -0.465 e. The SMILES string of the molecule is CS(=O)(=O)N1CCN(c2ccc(C3(O)C[C@H]4CC[C@@H](C3)N4C(=O)O)cc2)CC1. The second-order valence-electron chi connectivity index (χ2n) is 8.21. The Bertz CT molecular complexity index is 835. The van der Waals surface area contributed by atoms with E-state index in [0.717, 1.165) is 24.1 Å². The Morgan fingerprint density at radius 1 is 1.04 bits per heavy atom. The van der Waals surface area contributed by atoms with Crippen molar-refractivity contribution in [2.24, 2.45) is 0 Å². The number of nitrogens with zero attached hydrogens (tertiary/aromatic N) is 3. The first-order valence-electron chi connectivity index (χ1n) is 9.72. The van der Waals surface area contributed by atoms with E-state index in [1.165, 1.54) is 15.5 Å². The van der Waals surface area contributed by atoms with Crippen LogP contribution in [0.4, 0.5) is 10.5 Å². The molecule has 0 saturated carbocycles. The predicted molar refractivity (Wildman–Crippen MR) is 105 cm³/mol. The smallest absolute Gasteiger partial charge is 0.407 e. The molecule has 3 heterocycles. The lowest BCUT2D eigenvalue weighted by Gasteiger charge is -2.43. The van der Waals surface area contributed by atoms with Gasteiger partial charge in [0.1, 0.15) is 0 Å². The fraction of sp³-hybridized carbons (Fsp3) is 0.632. The molecule has 8 nitrogen and oxygen atoms in total. The van der Waals surface area contributed by atoms with Crippen LogP contribution >= 0.6 is 0 Å². The number of amides is 1. The lowest BCUT2D eigenvalue weighted by atomic mass is 9.80. The van der Waals surface area contributed by atoms with Crippen molar-refractivity contribution in [1.29, 1.82) is 0 Å². The number of anilines is 1. The second-order valence-corrected chi connectivity index (χ2v) is 10.2. The molecule has 3 fully saturated rings. The summed E-state index contributed by atoms with van der Waals surface area (Å²) in [6.07, 6.45) is 2.83. The van der Waals surface area contributed by atoms with Gasteiger partial charge in [0.05, 0.1) is 11.9 Å². The number of benzene rings is 1. The van der Waals surface area contributed by atoms with E-state index in [2.05, 4.69) is 4.90 Å². The van der Waals surface area contributed by atoms with E-state index in [0.29, 0.717) is 39.0 Å². The Morgan fingerprint density at radius 3 is 2.04 bits per heavy atom. The number of fused-ring (bicyclic) bond motifs is 2. The average molecular weight is 410 g/mol. The molecule has 1 aromatic carbocycles. The molecular formula is C19H27N3O5S. The normalized spacial score (nSPS) is 31.2. The van der Waals surface area contributed by atoms with Crippen molar-refractivity contribution in [1.82, 2.24) is 9.21 Å². The summed E-state index contributed by atoms with van der Waals surface area (Å²) in [4.78, 5) is 15.1. The number of hydrogen-bond donors (Lipinski definition) is 2. The predicted octanol–water partition coefficient (Wildman–Crippen LogP) is 1.26. The minimum atomic E-state index is -3.15. The lowest BCUT2D eigenvalue weighted by molar-refractivity contribution is -0.0492. The molecule has 0 radical (unpaired) electrons. The van der Waals surface area contributed by atoms with E-state index in [9.17, 15) is 23.4 Å². The van der Waals surface area contributed by atoms with Gasteiger partial charge in [-0.1, -0.05) is 12.1 Å². The van der Waals surface area contributed by atoms with Crippen molar-refractivity contribution in [3.05, 3.63) is 29.8 Å². The van der Waals surface area contributed by atoms with Gasteiger partial charge in [-0.05, 0) is 30.5 Å². The summed E-state index contributed by atoms with van der Waals surface area (Å²) < 4.78 is 24.8. The molecule has 154 valence electrons. The lowest BCUT2D eigenvalue weighted by Crippen LogP contribution is -2.51. The first kappa shape index (κ1) is 19.5. The van der Waals surface area contributed by atoms with Gasteiger partial charge < -0.3 is 20.0 Å². The summed E-state index contributed by atoms with van der Waals surface area (Å²) in [6.45, 7) is 2.21. The maximum atomic E-state index is 11.6. The monoisotopic (exact) mass is 409 g/mol.